The van der Waals surface area contributed by atoms with Crippen LogP contribution in [0.25, 0.3) is 22.0 Å². The van der Waals surface area contributed by atoms with Gasteiger partial charge in [-0.3, -0.25) is 9.78 Å². The van der Waals surface area contributed by atoms with E-state index in [1.54, 1.807) is 60.7 Å². The van der Waals surface area contributed by atoms with Crippen LogP contribution >= 0.6 is 11.6 Å². The number of pyridine rings is 1. The summed E-state index contributed by atoms with van der Waals surface area (Å²) >= 11 is 5.88. The molecule has 0 aliphatic heterocycles. The maximum Gasteiger partial charge on any atom is 0.418 e. The fourth-order valence-corrected chi connectivity index (χ4v) is 3.55. The van der Waals surface area contributed by atoms with Gasteiger partial charge in [0.2, 0.25) is 0 Å². The first-order chi connectivity index (χ1) is 14.8. The Morgan fingerprint density at radius 2 is 1.65 bits per heavy atom. The highest BCUT2D eigenvalue weighted by atomic mass is 35.5. The summed E-state index contributed by atoms with van der Waals surface area (Å²) in [5.41, 5.74) is 1.05. The van der Waals surface area contributed by atoms with Crippen molar-refractivity contribution in [3.05, 3.63) is 101 Å². The van der Waals surface area contributed by atoms with Crippen LogP contribution in [0.4, 0.5) is 13.2 Å². The van der Waals surface area contributed by atoms with E-state index in [9.17, 15) is 18.0 Å². The van der Waals surface area contributed by atoms with Gasteiger partial charge in [0.25, 0.3) is 5.91 Å². The topological polar surface area (TPSA) is 42.0 Å². The van der Waals surface area contributed by atoms with Crippen molar-refractivity contribution in [3.8, 4) is 11.1 Å². The lowest BCUT2D eigenvalue weighted by Gasteiger charge is -2.16. The van der Waals surface area contributed by atoms with Crippen LogP contribution in [0.15, 0.2) is 79.0 Å². The van der Waals surface area contributed by atoms with E-state index in [0.717, 1.165) is 11.6 Å². The molecule has 0 saturated carbocycles. The molecule has 1 N–H and O–H groups in total. The fourth-order valence-electron chi connectivity index (χ4n) is 3.42. The number of amides is 1. The minimum absolute atomic E-state index is 0.192. The number of carbonyl (C=O) groups is 1. The molecule has 3 aromatic carbocycles. The smallest absolute Gasteiger partial charge is 0.348 e. The molecule has 7 heteroatoms. The van der Waals surface area contributed by atoms with Gasteiger partial charge in [-0.2, -0.15) is 13.2 Å². The lowest BCUT2D eigenvalue weighted by molar-refractivity contribution is -0.136. The van der Waals surface area contributed by atoms with Gasteiger partial charge in [-0.25, -0.2) is 0 Å². The highest BCUT2D eigenvalue weighted by molar-refractivity contribution is 6.30. The Morgan fingerprint density at radius 1 is 0.935 bits per heavy atom. The van der Waals surface area contributed by atoms with E-state index in [2.05, 4.69) is 10.3 Å². The zero-order valence-electron chi connectivity index (χ0n) is 16.1. The Bertz CT molecular complexity index is 1240. The van der Waals surface area contributed by atoms with Crippen molar-refractivity contribution in [3.63, 3.8) is 0 Å². The van der Waals surface area contributed by atoms with Gasteiger partial charge in [-0.15, -0.1) is 0 Å². The van der Waals surface area contributed by atoms with E-state index in [0.29, 0.717) is 16.1 Å². The quantitative estimate of drug-likeness (QED) is 0.393. The Morgan fingerprint density at radius 3 is 2.32 bits per heavy atom. The number of nitrogens with zero attached hydrogens (tertiary/aromatic N) is 1. The molecule has 156 valence electrons. The number of para-hydroxylation sites is 1. The van der Waals surface area contributed by atoms with Gasteiger partial charge in [-0.05, 0) is 29.3 Å². The van der Waals surface area contributed by atoms with Gasteiger partial charge in [0, 0.05) is 28.7 Å². The van der Waals surface area contributed by atoms with Crippen molar-refractivity contribution in [2.45, 2.75) is 12.7 Å². The van der Waals surface area contributed by atoms with Gasteiger partial charge in [0.15, 0.2) is 0 Å². The molecular weight excluding hydrogens is 425 g/mol. The molecular formula is C24H16ClF3N2O. The molecule has 4 aromatic rings. The van der Waals surface area contributed by atoms with Crippen LogP contribution in [0.1, 0.15) is 21.5 Å². The average Bonchev–Trinajstić information content (AvgIpc) is 2.77. The van der Waals surface area contributed by atoms with Crippen molar-refractivity contribution in [2.75, 3.05) is 0 Å². The maximum atomic E-state index is 13.5. The fraction of sp³-hybridized carbons (Fsp3) is 0.0833. The molecule has 0 aliphatic rings. The second kappa shape index (κ2) is 8.40. The number of rotatable bonds is 4. The SMILES string of the molecule is O=C(NCc1ccc(Cl)cc1)c1cnc2c(C(F)(F)F)cccc2c1-c1ccccc1. The number of aromatic nitrogens is 1. The molecule has 1 aromatic heterocycles. The van der Waals surface area contributed by atoms with Crippen LogP contribution in [0.2, 0.25) is 5.02 Å². The van der Waals surface area contributed by atoms with Crippen molar-refractivity contribution in [1.82, 2.24) is 10.3 Å². The molecule has 0 saturated heterocycles. The number of hydrogen-bond acceptors (Lipinski definition) is 2. The van der Waals surface area contributed by atoms with Gasteiger partial charge in [0.05, 0.1) is 16.6 Å². The number of halogens is 4. The summed E-state index contributed by atoms with van der Waals surface area (Å²) in [4.78, 5) is 17.0. The molecule has 0 bridgehead atoms. The van der Waals surface area contributed by atoms with Crippen molar-refractivity contribution in [2.24, 2.45) is 0 Å². The summed E-state index contributed by atoms with van der Waals surface area (Å²) < 4.78 is 40.6. The Balaban J connectivity index is 1.81. The first-order valence-corrected chi connectivity index (χ1v) is 9.79. The summed E-state index contributed by atoms with van der Waals surface area (Å²) in [7, 11) is 0. The molecule has 4 rings (SSSR count). The second-order valence-corrected chi connectivity index (χ2v) is 7.36. The molecule has 0 unspecified atom stereocenters. The molecule has 31 heavy (non-hydrogen) atoms. The summed E-state index contributed by atoms with van der Waals surface area (Å²) in [6, 6.07) is 19.7. The van der Waals surface area contributed by atoms with Crippen LogP contribution in [0, 0.1) is 0 Å². The predicted molar refractivity (Wildman–Crippen MR) is 115 cm³/mol. The van der Waals surface area contributed by atoms with Crippen LogP contribution < -0.4 is 5.32 Å². The zero-order chi connectivity index (χ0) is 22.0. The number of benzene rings is 3. The van der Waals surface area contributed by atoms with Gasteiger partial charge < -0.3 is 5.32 Å². The highest BCUT2D eigenvalue weighted by Crippen LogP contribution is 2.38. The third kappa shape index (κ3) is 4.39. The minimum atomic E-state index is -4.56. The third-order valence-electron chi connectivity index (χ3n) is 4.88. The van der Waals surface area contributed by atoms with E-state index in [1.807, 2.05) is 0 Å². The number of carbonyl (C=O) groups excluding carboxylic acids is 1. The lowest BCUT2D eigenvalue weighted by atomic mass is 9.94. The van der Waals surface area contributed by atoms with E-state index >= 15 is 0 Å². The van der Waals surface area contributed by atoms with Crippen LogP contribution in [-0.2, 0) is 12.7 Å². The normalized spacial score (nSPS) is 11.5. The average molecular weight is 441 g/mol. The molecule has 3 nitrogen and oxygen atoms in total. The van der Waals surface area contributed by atoms with Crippen molar-refractivity contribution >= 4 is 28.4 Å². The van der Waals surface area contributed by atoms with E-state index in [-0.39, 0.29) is 23.0 Å². The predicted octanol–water partition coefficient (Wildman–Crippen LogP) is 6.50. The van der Waals surface area contributed by atoms with E-state index < -0.39 is 17.6 Å². The molecule has 0 radical (unpaired) electrons. The standard InChI is InChI=1S/C24H16ClF3N2O/c25-17-11-9-15(10-12-17)13-30-23(31)19-14-29-22-18(7-4-8-20(22)24(26,27)28)21(19)16-5-2-1-3-6-16/h1-12,14H,13H2,(H,30,31). The van der Waals surface area contributed by atoms with E-state index in [1.165, 1.54) is 12.3 Å². The van der Waals surface area contributed by atoms with Crippen LogP contribution in [0.5, 0.6) is 0 Å². The Labute approximate surface area is 181 Å². The summed E-state index contributed by atoms with van der Waals surface area (Å²) in [5, 5.41) is 3.66. The number of hydrogen-bond donors (Lipinski definition) is 1. The summed E-state index contributed by atoms with van der Waals surface area (Å²) in [6.07, 6.45) is -3.35. The Kier molecular flexibility index (Phi) is 5.65. The zero-order valence-corrected chi connectivity index (χ0v) is 16.8. The summed E-state index contributed by atoms with van der Waals surface area (Å²) in [6.45, 7) is 0.241. The van der Waals surface area contributed by atoms with Crippen LogP contribution in [-0.4, -0.2) is 10.9 Å². The van der Waals surface area contributed by atoms with Gasteiger partial charge >= 0.3 is 6.18 Å². The molecule has 0 fully saturated rings. The van der Waals surface area contributed by atoms with Crippen molar-refractivity contribution in [1.29, 1.82) is 0 Å². The van der Waals surface area contributed by atoms with Gasteiger partial charge in [-0.1, -0.05) is 66.2 Å². The number of alkyl halides is 3. The second-order valence-electron chi connectivity index (χ2n) is 6.92. The van der Waals surface area contributed by atoms with Gasteiger partial charge in [0.1, 0.15) is 0 Å². The first kappa shape index (κ1) is 20.9. The lowest BCUT2D eigenvalue weighted by Crippen LogP contribution is -2.24. The van der Waals surface area contributed by atoms with Crippen molar-refractivity contribution < 1.29 is 18.0 Å². The largest absolute Gasteiger partial charge is 0.418 e. The number of fused-ring (bicyclic) bond motifs is 1. The van der Waals surface area contributed by atoms with Crippen LogP contribution in [0.3, 0.4) is 0 Å². The first-order valence-electron chi connectivity index (χ1n) is 9.41. The van der Waals surface area contributed by atoms with E-state index in [4.69, 9.17) is 11.6 Å². The summed E-state index contributed by atoms with van der Waals surface area (Å²) in [5.74, 6) is -0.430. The monoisotopic (exact) mass is 440 g/mol. The third-order valence-corrected chi connectivity index (χ3v) is 5.13. The molecule has 0 atom stereocenters. The molecule has 1 heterocycles. The Hall–Kier alpha value is -3.38. The molecule has 0 spiro atoms. The number of nitrogens with one attached hydrogen (secondary N) is 1. The maximum absolute atomic E-state index is 13.5. The highest BCUT2D eigenvalue weighted by Gasteiger charge is 2.34. The molecule has 0 aliphatic carbocycles. The minimum Gasteiger partial charge on any atom is -0.348 e. The molecule has 1 amide bonds.